The molecule has 1 fully saturated rings. The minimum atomic E-state index is -1.92. The summed E-state index contributed by atoms with van der Waals surface area (Å²) in [6.45, 7) is 5.72. The molecule has 1 heterocycles. The fraction of sp³-hybridized carbons (Fsp3) is 0.701. The number of carbonyl (C=O) groups excluding carboxylic acids is 3. The Morgan fingerprint density at radius 3 is 1.23 bits per heavy atom. The summed E-state index contributed by atoms with van der Waals surface area (Å²) in [7, 11) is 0. The van der Waals surface area contributed by atoms with E-state index in [0.717, 1.165) is 135 Å². The highest BCUT2D eigenvalue weighted by atomic mass is 16.7. The van der Waals surface area contributed by atoms with Gasteiger partial charge in [0.2, 0.25) is 0 Å². The van der Waals surface area contributed by atoms with Gasteiger partial charge in [-0.3, -0.25) is 14.4 Å². The predicted octanol–water partition coefficient (Wildman–Crippen LogP) is 16.5. The average molecular weight is 1110 g/mol. The third kappa shape index (κ3) is 44.0. The summed E-state index contributed by atoms with van der Waals surface area (Å²) >= 11 is 0. The molecule has 0 amide bonds. The van der Waals surface area contributed by atoms with Gasteiger partial charge in [-0.05, 0) is 116 Å². The van der Waals surface area contributed by atoms with Crippen LogP contribution in [0, 0.1) is 0 Å². The number of carboxylic acid groups (broad SMARTS) is 1. The van der Waals surface area contributed by atoms with E-state index in [2.05, 4.69) is 118 Å². The second-order valence-corrected chi connectivity index (χ2v) is 20.9. The lowest BCUT2D eigenvalue weighted by Crippen LogP contribution is -2.61. The van der Waals surface area contributed by atoms with Crippen LogP contribution in [0.5, 0.6) is 0 Å². The topological polar surface area (TPSA) is 175 Å². The van der Waals surface area contributed by atoms with Crippen LogP contribution in [0.4, 0.5) is 0 Å². The molecule has 0 aromatic carbocycles. The van der Waals surface area contributed by atoms with Crippen LogP contribution in [0.1, 0.15) is 252 Å². The zero-order valence-corrected chi connectivity index (χ0v) is 49.6. The molecule has 450 valence electrons. The zero-order chi connectivity index (χ0) is 57.5. The molecule has 6 atom stereocenters. The summed E-state index contributed by atoms with van der Waals surface area (Å²) in [5.74, 6) is -3.18. The van der Waals surface area contributed by atoms with E-state index in [1.54, 1.807) is 0 Å². The smallest absolute Gasteiger partial charge is 0.335 e. The molecule has 1 aliphatic rings. The average Bonchev–Trinajstić information content (AvgIpc) is 3.46. The Morgan fingerprint density at radius 1 is 0.430 bits per heavy atom. The van der Waals surface area contributed by atoms with Gasteiger partial charge in [0.1, 0.15) is 18.8 Å². The fourth-order valence-corrected chi connectivity index (χ4v) is 8.90. The van der Waals surface area contributed by atoms with Crippen molar-refractivity contribution in [1.82, 2.24) is 0 Å². The van der Waals surface area contributed by atoms with E-state index in [0.29, 0.717) is 19.3 Å². The number of carboxylic acids is 1. The maximum atomic E-state index is 13.1. The van der Waals surface area contributed by atoms with Crippen molar-refractivity contribution in [3.05, 3.63) is 97.2 Å². The number of aliphatic carboxylic acids is 1. The first-order valence-electron chi connectivity index (χ1n) is 31.2. The Balaban J connectivity index is 2.67. The number of aliphatic hydroxyl groups is 2. The van der Waals surface area contributed by atoms with E-state index in [-0.39, 0.29) is 25.9 Å². The first kappa shape index (κ1) is 72.7. The van der Waals surface area contributed by atoms with Crippen LogP contribution in [0.25, 0.3) is 0 Å². The summed E-state index contributed by atoms with van der Waals surface area (Å²) in [5.41, 5.74) is 0. The maximum Gasteiger partial charge on any atom is 0.335 e. The van der Waals surface area contributed by atoms with Gasteiger partial charge in [0.15, 0.2) is 24.6 Å². The number of allylic oxidation sites excluding steroid dienone is 16. The monoisotopic (exact) mass is 1110 g/mol. The molecular weight excluding hydrogens is 997 g/mol. The van der Waals surface area contributed by atoms with E-state index in [9.17, 15) is 34.5 Å². The molecule has 0 radical (unpaired) electrons. The molecular formula is C67H110O12. The van der Waals surface area contributed by atoms with Crippen molar-refractivity contribution in [2.24, 2.45) is 0 Å². The van der Waals surface area contributed by atoms with Gasteiger partial charge in [0.25, 0.3) is 0 Å². The van der Waals surface area contributed by atoms with Gasteiger partial charge in [0, 0.05) is 19.3 Å². The molecule has 6 unspecified atom stereocenters. The van der Waals surface area contributed by atoms with Crippen molar-refractivity contribution in [3.8, 4) is 0 Å². The van der Waals surface area contributed by atoms with Crippen LogP contribution in [0.3, 0.4) is 0 Å². The molecule has 0 aromatic rings. The van der Waals surface area contributed by atoms with Gasteiger partial charge in [-0.15, -0.1) is 0 Å². The van der Waals surface area contributed by atoms with Crippen molar-refractivity contribution in [2.45, 2.75) is 289 Å². The number of hydrogen-bond donors (Lipinski definition) is 3. The van der Waals surface area contributed by atoms with Gasteiger partial charge >= 0.3 is 23.9 Å². The highest BCUT2D eigenvalue weighted by Crippen LogP contribution is 2.26. The predicted molar refractivity (Wildman–Crippen MR) is 321 cm³/mol. The minimum absolute atomic E-state index is 0.0415. The number of rotatable bonds is 52. The number of hydrogen-bond acceptors (Lipinski definition) is 11. The fourth-order valence-electron chi connectivity index (χ4n) is 8.90. The van der Waals surface area contributed by atoms with Crippen LogP contribution in [-0.2, 0) is 42.9 Å². The van der Waals surface area contributed by atoms with E-state index in [1.165, 1.54) is 57.8 Å². The molecule has 12 heteroatoms. The molecule has 79 heavy (non-hydrogen) atoms. The molecule has 0 aromatic heterocycles. The molecule has 0 spiro atoms. The van der Waals surface area contributed by atoms with Gasteiger partial charge in [-0.1, -0.05) is 214 Å². The summed E-state index contributed by atoms with van der Waals surface area (Å²) in [5, 5.41) is 31.5. The van der Waals surface area contributed by atoms with E-state index < -0.39 is 67.3 Å². The Bertz CT molecular complexity index is 1740. The SMILES string of the molecule is CC/C=C\C/C=C\C/C=C\CCCCCCCCCC(=O)OC1C(OCC(COC(=O)CCCCCCCCCCC/C=C\C/C=C\CCCCC)OC(=O)CCCCC/C=C\C/C=C\C/C=C\CC)OC(C(=O)O)C(O)C1O. The molecule has 1 aliphatic heterocycles. The lowest BCUT2D eigenvalue weighted by atomic mass is 9.98. The Morgan fingerprint density at radius 2 is 0.797 bits per heavy atom. The van der Waals surface area contributed by atoms with E-state index in [1.807, 2.05) is 0 Å². The van der Waals surface area contributed by atoms with Crippen molar-refractivity contribution >= 4 is 23.9 Å². The van der Waals surface area contributed by atoms with Gasteiger partial charge in [-0.25, -0.2) is 4.79 Å². The number of unbranched alkanes of at least 4 members (excludes halogenated alkanes) is 22. The first-order valence-corrected chi connectivity index (χ1v) is 31.2. The largest absolute Gasteiger partial charge is 0.479 e. The number of carbonyl (C=O) groups is 4. The number of ether oxygens (including phenoxy) is 5. The van der Waals surface area contributed by atoms with Gasteiger partial charge in [-0.2, -0.15) is 0 Å². The number of esters is 3. The van der Waals surface area contributed by atoms with Crippen LogP contribution < -0.4 is 0 Å². The third-order valence-corrected chi connectivity index (χ3v) is 13.6. The Hall–Kier alpha value is -4.36. The summed E-state index contributed by atoms with van der Waals surface area (Å²) in [6, 6.07) is 0. The highest BCUT2D eigenvalue weighted by molar-refractivity contribution is 5.74. The van der Waals surface area contributed by atoms with Crippen molar-refractivity contribution in [2.75, 3.05) is 13.2 Å². The molecule has 3 N–H and O–H groups in total. The van der Waals surface area contributed by atoms with Crippen LogP contribution in [-0.4, -0.2) is 89.2 Å². The van der Waals surface area contributed by atoms with Gasteiger partial charge < -0.3 is 39.0 Å². The second kappa shape index (κ2) is 54.2. The highest BCUT2D eigenvalue weighted by Gasteiger charge is 2.50. The first-order chi connectivity index (χ1) is 38.6. The second-order valence-electron chi connectivity index (χ2n) is 20.9. The Kier molecular flexibility index (Phi) is 49.9. The molecule has 0 bridgehead atoms. The molecule has 0 aliphatic carbocycles. The molecule has 12 nitrogen and oxygen atoms in total. The standard InChI is InChI=1S/C67H110O12/c1-4-7-10-13-16-19-22-25-27-29-30-32-33-36-38-41-44-47-50-53-59(68)75-56-58(77-60(69)54-51-48-45-42-39-35-24-21-18-15-12-9-6-3)57-76-67-65(63(72)62(71)64(79-67)66(73)74)78-61(70)55-52-49-46-43-40-37-34-31-28-26-23-20-17-14-11-8-5-2/h8-9,11-12,16-21,25-28,35,39,58,62-65,67,71-72H,4-7,10,13-15,22-24,29-34,36-38,40-57H2,1-3H3,(H,73,74)/b11-8-,12-9-,19-16-,20-17-,21-18-,27-25-,28-26-,39-35-. The normalized spacial score (nSPS) is 18.5. The number of aliphatic hydroxyl groups excluding tert-OH is 2. The lowest BCUT2D eigenvalue weighted by molar-refractivity contribution is -0.301. The van der Waals surface area contributed by atoms with Crippen molar-refractivity contribution in [1.29, 1.82) is 0 Å². The van der Waals surface area contributed by atoms with Crippen LogP contribution in [0.15, 0.2) is 97.2 Å². The molecule has 1 saturated heterocycles. The van der Waals surface area contributed by atoms with Crippen LogP contribution >= 0.6 is 0 Å². The molecule has 0 saturated carbocycles. The molecule has 1 rings (SSSR count). The van der Waals surface area contributed by atoms with E-state index in [4.69, 9.17) is 23.7 Å². The summed E-state index contributed by atoms with van der Waals surface area (Å²) in [6.07, 6.45) is 59.4. The lowest BCUT2D eigenvalue weighted by Gasteiger charge is -2.40. The van der Waals surface area contributed by atoms with Crippen molar-refractivity contribution < 1.29 is 58.2 Å². The summed E-state index contributed by atoms with van der Waals surface area (Å²) in [4.78, 5) is 51.2. The third-order valence-electron chi connectivity index (χ3n) is 13.6. The van der Waals surface area contributed by atoms with Crippen LogP contribution in [0.2, 0.25) is 0 Å². The van der Waals surface area contributed by atoms with Gasteiger partial charge in [0.05, 0.1) is 6.61 Å². The van der Waals surface area contributed by atoms with E-state index >= 15 is 0 Å². The quantitative estimate of drug-likeness (QED) is 0.0228. The Labute approximate surface area is 479 Å². The zero-order valence-electron chi connectivity index (χ0n) is 49.6. The van der Waals surface area contributed by atoms with Crippen molar-refractivity contribution in [3.63, 3.8) is 0 Å². The maximum absolute atomic E-state index is 13.1. The summed E-state index contributed by atoms with van der Waals surface area (Å²) < 4.78 is 28.4. The minimum Gasteiger partial charge on any atom is -0.479 e.